The van der Waals surface area contributed by atoms with Gasteiger partial charge in [-0.2, -0.15) is 0 Å². The van der Waals surface area contributed by atoms with E-state index in [1.54, 1.807) is 7.11 Å². The molecule has 1 amide bonds. The van der Waals surface area contributed by atoms with Gasteiger partial charge in [0.1, 0.15) is 11.3 Å². The van der Waals surface area contributed by atoms with Crippen molar-refractivity contribution in [1.82, 2.24) is 9.80 Å². The van der Waals surface area contributed by atoms with E-state index >= 15 is 0 Å². The molecule has 1 aromatic carbocycles. The Bertz CT molecular complexity index is 602. The number of carbonyl (C=O) groups is 1. The minimum atomic E-state index is -0.361. The number of aliphatic hydroxyl groups is 1. The van der Waals surface area contributed by atoms with Crippen molar-refractivity contribution in [3.8, 4) is 5.75 Å². The summed E-state index contributed by atoms with van der Waals surface area (Å²) in [4.78, 5) is 17.3. The molecule has 5 nitrogen and oxygen atoms in total. The number of aliphatic hydroxyl groups excluding tert-OH is 1. The minimum absolute atomic E-state index is 0.0411. The van der Waals surface area contributed by atoms with Crippen LogP contribution in [0.2, 0.25) is 0 Å². The molecule has 0 aromatic heterocycles. The Hall–Kier alpha value is -1.59. The molecule has 1 spiro atoms. The summed E-state index contributed by atoms with van der Waals surface area (Å²) in [5, 5.41) is 9.24. The number of benzene rings is 1. The van der Waals surface area contributed by atoms with Gasteiger partial charge in [0.05, 0.1) is 13.7 Å². The molecule has 2 aliphatic heterocycles. The van der Waals surface area contributed by atoms with E-state index in [9.17, 15) is 9.90 Å². The fraction of sp³-hybridized carbons (Fsp3) is 0.632. The Labute approximate surface area is 144 Å². The number of aryl methyl sites for hydroxylation is 1. The van der Waals surface area contributed by atoms with Gasteiger partial charge in [0, 0.05) is 19.6 Å². The zero-order chi connectivity index (χ0) is 17.2. The SMILES string of the molecule is COc1ccc(CN2CCCC23CCCN(CCO)C3=O)c(C)c1. The molecule has 0 aliphatic carbocycles. The van der Waals surface area contributed by atoms with Crippen LogP contribution in [0.1, 0.15) is 36.8 Å². The maximum Gasteiger partial charge on any atom is 0.243 e. The molecule has 1 N–H and O–H groups in total. The van der Waals surface area contributed by atoms with Crippen LogP contribution in [0.15, 0.2) is 18.2 Å². The molecular weight excluding hydrogens is 304 g/mol. The molecule has 1 unspecified atom stereocenters. The number of amides is 1. The Morgan fingerprint density at radius 1 is 1.25 bits per heavy atom. The van der Waals surface area contributed by atoms with Gasteiger partial charge in [-0.25, -0.2) is 0 Å². The number of rotatable bonds is 5. The van der Waals surface area contributed by atoms with Crippen molar-refractivity contribution in [1.29, 1.82) is 0 Å². The summed E-state index contributed by atoms with van der Waals surface area (Å²) in [6.07, 6.45) is 3.95. The van der Waals surface area contributed by atoms with Gasteiger partial charge in [0.25, 0.3) is 0 Å². The average Bonchev–Trinajstić information content (AvgIpc) is 2.97. The van der Waals surface area contributed by atoms with E-state index in [1.165, 1.54) is 11.1 Å². The van der Waals surface area contributed by atoms with Gasteiger partial charge in [-0.05, 0) is 62.4 Å². The second-order valence-corrected chi connectivity index (χ2v) is 6.97. The van der Waals surface area contributed by atoms with Crippen LogP contribution < -0.4 is 4.74 Å². The summed E-state index contributed by atoms with van der Waals surface area (Å²) in [6.45, 7) is 5.13. The van der Waals surface area contributed by atoms with Crippen molar-refractivity contribution in [2.75, 3.05) is 33.4 Å². The van der Waals surface area contributed by atoms with Crippen LogP contribution in [0.5, 0.6) is 5.75 Å². The number of nitrogens with zero attached hydrogens (tertiary/aromatic N) is 2. The molecule has 132 valence electrons. The third kappa shape index (κ3) is 3.03. The van der Waals surface area contributed by atoms with Crippen LogP contribution in [0, 0.1) is 6.92 Å². The molecular formula is C19H28N2O3. The largest absolute Gasteiger partial charge is 0.497 e. The minimum Gasteiger partial charge on any atom is -0.497 e. The smallest absolute Gasteiger partial charge is 0.243 e. The Balaban J connectivity index is 1.81. The summed E-state index contributed by atoms with van der Waals surface area (Å²) < 4.78 is 5.29. The zero-order valence-corrected chi connectivity index (χ0v) is 14.8. The van der Waals surface area contributed by atoms with Crippen molar-refractivity contribution in [2.24, 2.45) is 0 Å². The average molecular weight is 332 g/mol. The second-order valence-electron chi connectivity index (χ2n) is 6.97. The quantitative estimate of drug-likeness (QED) is 0.895. The molecule has 0 saturated carbocycles. The van der Waals surface area contributed by atoms with Crippen LogP contribution >= 0.6 is 0 Å². The Morgan fingerprint density at radius 3 is 2.67 bits per heavy atom. The molecule has 2 saturated heterocycles. The summed E-state index contributed by atoms with van der Waals surface area (Å²) >= 11 is 0. The van der Waals surface area contributed by atoms with E-state index in [2.05, 4.69) is 24.0 Å². The molecule has 5 heteroatoms. The standard InChI is InChI=1S/C19H28N2O3/c1-15-13-17(24-2)6-5-16(15)14-21-10-4-8-19(21)7-3-9-20(11-12-22)18(19)23/h5-6,13,22H,3-4,7-12,14H2,1-2H3. The van der Waals surface area contributed by atoms with Crippen molar-refractivity contribution < 1.29 is 14.6 Å². The monoisotopic (exact) mass is 332 g/mol. The van der Waals surface area contributed by atoms with E-state index in [0.717, 1.165) is 51.1 Å². The van der Waals surface area contributed by atoms with Gasteiger partial charge in [-0.15, -0.1) is 0 Å². The van der Waals surface area contributed by atoms with Crippen LogP contribution in [0.3, 0.4) is 0 Å². The lowest BCUT2D eigenvalue weighted by Gasteiger charge is -2.44. The zero-order valence-electron chi connectivity index (χ0n) is 14.8. The van der Waals surface area contributed by atoms with E-state index in [0.29, 0.717) is 6.54 Å². The molecule has 0 radical (unpaired) electrons. The number of hydrogen-bond donors (Lipinski definition) is 1. The lowest BCUT2D eigenvalue weighted by atomic mass is 9.85. The van der Waals surface area contributed by atoms with E-state index < -0.39 is 0 Å². The lowest BCUT2D eigenvalue weighted by molar-refractivity contribution is -0.148. The van der Waals surface area contributed by atoms with E-state index in [4.69, 9.17) is 4.74 Å². The first-order valence-electron chi connectivity index (χ1n) is 8.89. The van der Waals surface area contributed by atoms with Crippen LogP contribution in [0.25, 0.3) is 0 Å². The third-order valence-corrected chi connectivity index (χ3v) is 5.61. The topological polar surface area (TPSA) is 53.0 Å². The van der Waals surface area contributed by atoms with Crippen LogP contribution in [-0.4, -0.2) is 59.7 Å². The van der Waals surface area contributed by atoms with Crippen molar-refractivity contribution in [3.63, 3.8) is 0 Å². The maximum atomic E-state index is 13.1. The molecule has 2 heterocycles. The Morgan fingerprint density at radius 2 is 2.00 bits per heavy atom. The van der Waals surface area contributed by atoms with Crippen molar-refractivity contribution in [3.05, 3.63) is 29.3 Å². The van der Waals surface area contributed by atoms with Gasteiger partial charge < -0.3 is 14.7 Å². The van der Waals surface area contributed by atoms with E-state index in [-0.39, 0.29) is 18.1 Å². The van der Waals surface area contributed by atoms with Gasteiger partial charge in [0.15, 0.2) is 0 Å². The number of carbonyl (C=O) groups excluding carboxylic acids is 1. The van der Waals surface area contributed by atoms with Crippen LogP contribution in [-0.2, 0) is 11.3 Å². The number of likely N-dealkylation sites (tertiary alicyclic amines) is 2. The lowest BCUT2D eigenvalue weighted by Crippen LogP contribution is -2.60. The fourth-order valence-corrected chi connectivity index (χ4v) is 4.27. The normalized spacial score (nSPS) is 24.8. The van der Waals surface area contributed by atoms with Gasteiger partial charge in [-0.3, -0.25) is 9.69 Å². The molecule has 2 fully saturated rings. The molecule has 1 aromatic rings. The highest BCUT2D eigenvalue weighted by Gasteiger charge is 2.50. The number of hydrogen-bond acceptors (Lipinski definition) is 4. The number of methoxy groups -OCH3 is 1. The van der Waals surface area contributed by atoms with Crippen molar-refractivity contribution >= 4 is 5.91 Å². The van der Waals surface area contributed by atoms with Gasteiger partial charge in [0.2, 0.25) is 5.91 Å². The van der Waals surface area contributed by atoms with Gasteiger partial charge >= 0.3 is 0 Å². The first-order chi connectivity index (χ1) is 11.6. The first kappa shape index (κ1) is 17.2. The van der Waals surface area contributed by atoms with E-state index in [1.807, 2.05) is 11.0 Å². The summed E-state index contributed by atoms with van der Waals surface area (Å²) in [6, 6.07) is 6.16. The van der Waals surface area contributed by atoms with Crippen LogP contribution in [0.4, 0.5) is 0 Å². The first-order valence-corrected chi connectivity index (χ1v) is 8.89. The summed E-state index contributed by atoms with van der Waals surface area (Å²) in [5.41, 5.74) is 2.09. The molecule has 3 rings (SSSR count). The van der Waals surface area contributed by atoms with Crippen molar-refractivity contribution in [2.45, 2.75) is 44.7 Å². The molecule has 2 aliphatic rings. The number of β-amino-alcohol motifs (C(OH)–C–C–N with tert-alkyl or cyclic N) is 1. The number of ether oxygens (including phenoxy) is 1. The molecule has 1 atom stereocenters. The highest BCUT2D eigenvalue weighted by Crippen LogP contribution is 2.39. The predicted molar refractivity (Wildman–Crippen MR) is 93.0 cm³/mol. The Kier molecular flexibility index (Phi) is 5.11. The van der Waals surface area contributed by atoms with Gasteiger partial charge in [-0.1, -0.05) is 6.07 Å². The fourth-order valence-electron chi connectivity index (χ4n) is 4.27. The summed E-state index contributed by atoms with van der Waals surface area (Å²) in [5.74, 6) is 1.08. The predicted octanol–water partition coefficient (Wildman–Crippen LogP) is 1.95. The maximum absolute atomic E-state index is 13.1. The highest BCUT2D eigenvalue weighted by atomic mass is 16.5. The summed E-state index contributed by atoms with van der Waals surface area (Å²) in [7, 11) is 1.68. The third-order valence-electron chi connectivity index (χ3n) is 5.61. The second kappa shape index (κ2) is 7.11. The number of piperidine rings is 1. The molecule has 0 bridgehead atoms. The molecule has 24 heavy (non-hydrogen) atoms. The highest BCUT2D eigenvalue weighted by molar-refractivity contribution is 5.87.